The number of aryl methyl sites for hydroxylation is 2. The maximum absolute atomic E-state index is 10.4. The third-order valence-electron chi connectivity index (χ3n) is 5.85. The Kier molecular flexibility index (Phi) is 8.93. The van der Waals surface area contributed by atoms with E-state index in [2.05, 4.69) is 55.2 Å². The van der Waals surface area contributed by atoms with E-state index in [1.165, 1.54) is 0 Å². The van der Waals surface area contributed by atoms with Gasteiger partial charge in [0.25, 0.3) is 0 Å². The van der Waals surface area contributed by atoms with E-state index in [0.29, 0.717) is 34.0 Å². The lowest BCUT2D eigenvalue weighted by atomic mass is 10.0. The van der Waals surface area contributed by atoms with E-state index >= 15 is 0 Å². The number of phenols is 2. The predicted molar refractivity (Wildman–Crippen MR) is 171 cm³/mol. The van der Waals surface area contributed by atoms with Crippen molar-refractivity contribution in [3.05, 3.63) is 90.1 Å². The minimum atomic E-state index is 0.206. The van der Waals surface area contributed by atoms with Crippen LogP contribution in [0.3, 0.4) is 0 Å². The van der Waals surface area contributed by atoms with Crippen molar-refractivity contribution in [2.75, 3.05) is 14.2 Å². The van der Waals surface area contributed by atoms with Gasteiger partial charge < -0.3 is 19.7 Å². The average Bonchev–Trinajstić information content (AvgIpc) is 2.90. The van der Waals surface area contributed by atoms with Crippen molar-refractivity contribution in [3.8, 4) is 34.1 Å². The summed E-state index contributed by atoms with van der Waals surface area (Å²) in [6.07, 6.45) is 3.29. The van der Waals surface area contributed by atoms with Crippen LogP contribution in [0.4, 0.5) is 11.4 Å². The molecule has 0 saturated carbocycles. The summed E-state index contributed by atoms with van der Waals surface area (Å²) in [7, 11) is 3.21. The smallest absolute Gasteiger partial charge is 0.145 e. The van der Waals surface area contributed by atoms with Crippen molar-refractivity contribution in [2.45, 2.75) is 13.8 Å². The van der Waals surface area contributed by atoms with Crippen LogP contribution in [0.5, 0.6) is 23.0 Å². The lowest BCUT2D eigenvalue weighted by molar-refractivity contribution is 0.415. The van der Waals surface area contributed by atoms with Crippen LogP contribution in [0.15, 0.2) is 70.6 Å². The van der Waals surface area contributed by atoms with Gasteiger partial charge in [0.15, 0.2) is 0 Å². The standard InChI is InChI=1S/C30H26I2N2O4/c1-17-9-21(29(35)23(31)11-17)15-33-25-7-5-19(13-27(25)37-3)20-6-8-26(28(14-20)38-4)34-16-22-10-18(2)12-24(32)30(22)36/h5-16,35-36H,1-4H3. The highest BCUT2D eigenvalue weighted by Crippen LogP contribution is 2.37. The second-order valence-corrected chi connectivity index (χ2v) is 11.0. The molecular formula is C30H26I2N2O4. The number of nitrogens with zero attached hydrogens (tertiary/aromatic N) is 2. The molecule has 4 rings (SSSR count). The predicted octanol–water partition coefficient (Wildman–Crippen LogP) is 8.11. The van der Waals surface area contributed by atoms with Crippen LogP contribution >= 0.6 is 45.2 Å². The number of halogens is 2. The normalized spacial score (nSPS) is 11.4. The lowest BCUT2D eigenvalue weighted by Crippen LogP contribution is -1.90. The maximum Gasteiger partial charge on any atom is 0.145 e. The highest BCUT2D eigenvalue weighted by Gasteiger charge is 2.11. The largest absolute Gasteiger partial charge is 0.506 e. The Labute approximate surface area is 249 Å². The number of rotatable bonds is 7. The molecule has 0 aliphatic carbocycles. The van der Waals surface area contributed by atoms with Gasteiger partial charge in [0.05, 0.1) is 21.4 Å². The zero-order chi connectivity index (χ0) is 27.4. The quantitative estimate of drug-likeness (QED) is 0.149. The van der Waals surface area contributed by atoms with Gasteiger partial charge in [-0.3, -0.25) is 9.98 Å². The second-order valence-electron chi connectivity index (χ2n) is 8.66. The van der Waals surface area contributed by atoms with Gasteiger partial charge in [-0.15, -0.1) is 0 Å². The number of hydrogen-bond donors (Lipinski definition) is 2. The fourth-order valence-corrected chi connectivity index (χ4v) is 5.53. The summed E-state index contributed by atoms with van der Waals surface area (Å²) in [4.78, 5) is 9.13. The number of phenolic OH excluding ortho intramolecular Hbond substituents is 2. The van der Waals surface area contributed by atoms with Crippen molar-refractivity contribution >= 4 is 69.0 Å². The SMILES string of the molecule is COc1cc(-c2ccc(N=Cc3cc(C)cc(I)c3O)c(OC)c2)ccc1N=Cc1cc(C)cc(I)c1O. The van der Waals surface area contributed by atoms with E-state index in [1.807, 2.05) is 74.5 Å². The van der Waals surface area contributed by atoms with Crippen LogP contribution in [-0.2, 0) is 0 Å². The summed E-state index contributed by atoms with van der Waals surface area (Å²) in [5.41, 5.74) is 6.53. The molecule has 6 nitrogen and oxygen atoms in total. The molecule has 0 fully saturated rings. The van der Waals surface area contributed by atoms with Crippen LogP contribution < -0.4 is 9.47 Å². The summed E-state index contributed by atoms with van der Waals surface area (Å²) in [5.74, 6) is 1.62. The molecule has 2 N–H and O–H groups in total. The van der Waals surface area contributed by atoms with E-state index in [9.17, 15) is 10.2 Å². The lowest BCUT2D eigenvalue weighted by Gasteiger charge is -2.11. The molecule has 0 aliphatic heterocycles. The molecule has 0 aromatic heterocycles. The second kappa shape index (κ2) is 12.2. The summed E-state index contributed by atoms with van der Waals surface area (Å²) in [6.45, 7) is 3.96. The van der Waals surface area contributed by atoms with E-state index in [0.717, 1.165) is 29.4 Å². The third-order valence-corrected chi connectivity index (χ3v) is 7.50. The maximum atomic E-state index is 10.4. The molecule has 0 saturated heterocycles. The highest BCUT2D eigenvalue weighted by molar-refractivity contribution is 14.1. The van der Waals surface area contributed by atoms with E-state index < -0.39 is 0 Å². The Morgan fingerprint density at radius 3 is 1.39 bits per heavy atom. The van der Waals surface area contributed by atoms with Crippen LogP contribution in [-0.4, -0.2) is 36.9 Å². The van der Waals surface area contributed by atoms with Gasteiger partial charge in [0, 0.05) is 23.6 Å². The summed E-state index contributed by atoms with van der Waals surface area (Å²) in [5, 5.41) is 20.7. The van der Waals surface area contributed by atoms with Gasteiger partial charge >= 0.3 is 0 Å². The first-order chi connectivity index (χ1) is 18.2. The van der Waals surface area contributed by atoms with Crippen LogP contribution in [0.25, 0.3) is 11.1 Å². The van der Waals surface area contributed by atoms with Gasteiger partial charge in [0.1, 0.15) is 34.4 Å². The van der Waals surface area contributed by atoms with Crippen molar-refractivity contribution in [3.63, 3.8) is 0 Å². The summed E-state index contributed by atoms with van der Waals surface area (Å²) >= 11 is 4.22. The molecule has 8 heteroatoms. The van der Waals surface area contributed by atoms with Crippen LogP contribution in [0.2, 0.25) is 0 Å². The Morgan fingerprint density at radius 1 is 0.632 bits per heavy atom. The fraction of sp³-hybridized carbons (Fsp3) is 0.133. The molecule has 4 aromatic carbocycles. The van der Waals surface area contributed by atoms with E-state index in [4.69, 9.17) is 9.47 Å². The highest BCUT2D eigenvalue weighted by atomic mass is 127. The number of hydrogen-bond acceptors (Lipinski definition) is 6. The minimum absolute atomic E-state index is 0.206. The fourth-order valence-electron chi connectivity index (χ4n) is 3.93. The summed E-state index contributed by atoms with van der Waals surface area (Å²) < 4.78 is 12.8. The van der Waals surface area contributed by atoms with Crippen molar-refractivity contribution in [1.29, 1.82) is 0 Å². The Morgan fingerprint density at radius 2 is 1.03 bits per heavy atom. The molecule has 194 valence electrons. The molecule has 0 spiro atoms. The molecule has 0 unspecified atom stereocenters. The molecule has 0 radical (unpaired) electrons. The van der Waals surface area contributed by atoms with Gasteiger partial charge in [-0.1, -0.05) is 12.1 Å². The number of benzene rings is 4. The Balaban J connectivity index is 1.63. The summed E-state index contributed by atoms with van der Waals surface area (Å²) in [6, 6.07) is 19.1. The van der Waals surface area contributed by atoms with E-state index in [-0.39, 0.29) is 11.5 Å². The number of aliphatic imine (C=N–C) groups is 2. The van der Waals surface area contributed by atoms with Crippen molar-refractivity contribution in [2.24, 2.45) is 9.98 Å². The van der Waals surface area contributed by atoms with Gasteiger partial charge in [-0.25, -0.2) is 0 Å². The Hall–Kier alpha value is -3.12. The first kappa shape index (κ1) is 27.9. The first-order valence-electron chi connectivity index (χ1n) is 11.6. The van der Waals surface area contributed by atoms with Gasteiger partial charge in [0.2, 0.25) is 0 Å². The molecule has 0 heterocycles. The first-order valence-corrected chi connectivity index (χ1v) is 13.8. The molecule has 0 bridgehead atoms. The van der Waals surface area contributed by atoms with Crippen molar-refractivity contribution in [1.82, 2.24) is 0 Å². The molecule has 4 aromatic rings. The molecule has 0 atom stereocenters. The van der Waals surface area contributed by atoms with Crippen molar-refractivity contribution < 1.29 is 19.7 Å². The van der Waals surface area contributed by atoms with Crippen LogP contribution in [0.1, 0.15) is 22.3 Å². The topological polar surface area (TPSA) is 83.6 Å². The minimum Gasteiger partial charge on any atom is -0.506 e. The number of ether oxygens (including phenoxy) is 2. The Bertz CT molecular complexity index is 1450. The van der Waals surface area contributed by atoms with Crippen LogP contribution in [0, 0.1) is 21.0 Å². The third kappa shape index (κ3) is 6.29. The van der Waals surface area contributed by atoms with Gasteiger partial charge in [-0.05, 0) is 130 Å². The average molecular weight is 732 g/mol. The van der Waals surface area contributed by atoms with Gasteiger partial charge in [-0.2, -0.15) is 0 Å². The van der Waals surface area contributed by atoms with E-state index in [1.54, 1.807) is 26.6 Å². The number of aromatic hydroxyl groups is 2. The molecule has 0 amide bonds. The monoisotopic (exact) mass is 732 g/mol. The zero-order valence-electron chi connectivity index (χ0n) is 21.3. The number of methoxy groups -OCH3 is 2. The molecule has 0 aliphatic rings. The molecule has 38 heavy (non-hydrogen) atoms. The molecular weight excluding hydrogens is 706 g/mol. The zero-order valence-corrected chi connectivity index (χ0v) is 25.6.